The van der Waals surface area contributed by atoms with Crippen molar-refractivity contribution in [2.45, 2.75) is 46.2 Å². The topological polar surface area (TPSA) is 49.4 Å². The van der Waals surface area contributed by atoms with Crippen molar-refractivity contribution in [1.82, 2.24) is 5.32 Å². The predicted molar refractivity (Wildman–Crippen MR) is 75.1 cm³/mol. The van der Waals surface area contributed by atoms with Crippen molar-refractivity contribution in [2.75, 3.05) is 4.90 Å². The second-order valence-corrected chi connectivity index (χ2v) is 5.14. The molecule has 2 atom stereocenters. The first-order valence-electron chi connectivity index (χ1n) is 6.66. The second kappa shape index (κ2) is 5.03. The van der Waals surface area contributed by atoms with E-state index in [1.807, 2.05) is 39.0 Å². The molecule has 1 aromatic rings. The first-order chi connectivity index (χ1) is 8.95. The number of anilines is 1. The van der Waals surface area contributed by atoms with Crippen LogP contribution in [0.1, 0.15) is 31.4 Å². The highest BCUT2D eigenvalue weighted by Gasteiger charge is 2.38. The molecule has 2 amide bonds. The number of nitrogens with one attached hydrogen (secondary N) is 1. The van der Waals surface area contributed by atoms with E-state index >= 15 is 0 Å². The van der Waals surface area contributed by atoms with Gasteiger partial charge in [0.1, 0.15) is 12.1 Å². The van der Waals surface area contributed by atoms with E-state index in [9.17, 15) is 9.59 Å². The third kappa shape index (κ3) is 2.35. The number of hydrogen-bond donors (Lipinski definition) is 1. The van der Waals surface area contributed by atoms with E-state index < -0.39 is 12.1 Å². The molecular formula is C15H20N2O2. The lowest BCUT2D eigenvalue weighted by molar-refractivity contribution is -0.133. The summed E-state index contributed by atoms with van der Waals surface area (Å²) in [6.45, 7) is 7.65. The fourth-order valence-electron chi connectivity index (χ4n) is 2.51. The average Bonchev–Trinajstić information content (AvgIpc) is 2.36. The van der Waals surface area contributed by atoms with Crippen LogP contribution in [0.3, 0.4) is 0 Å². The molecule has 2 unspecified atom stereocenters. The highest BCUT2D eigenvalue weighted by atomic mass is 16.2. The number of nitrogens with zero attached hydrogens (tertiary/aromatic N) is 1. The molecule has 19 heavy (non-hydrogen) atoms. The largest absolute Gasteiger partial charge is 0.343 e. The molecule has 0 spiro atoms. The molecule has 4 heteroatoms. The SMILES string of the molecule is CCC1NC(=O)C(C)N(c2ccc(C)cc2C)C1=O. The fourth-order valence-corrected chi connectivity index (χ4v) is 2.51. The van der Waals surface area contributed by atoms with Crippen LogP contribution in [0.5, 0.6) is 0 Å². The fraction of sp³-hybridized carbons (Fsp3) is 0.467. The summed E-state index contributed by atoms with van der Waals surface area (Å²) in [5, 5.41) is 2.77. The van der Waals surface area contributed by atoms with Gasteiger partial charge in [0.05, 0.1) is 0 Å². The Bertz CT molecular complexity index is 525. The molecule has 0 bridgehead atoms. The van der Waals surface area contributed by atoms with Crippen LogP contribution in [0.25, 0.3) is 0 Å². The van der Waals surface area contributed by atoms with Crippen molar-refractivity contribution in [3.05, 3.63) is 29.3 Å². The number of carbonyl (C=O) groups is 2. The molecular weight excluding hydrogens is 240 g/mol. The minimum atomic E-state index is -0.461. The number of rotatable bonds is 2. The molecule has 0 aromatic heterocycles. The van der Waals surface area contributed by atoms with Gasteiger partial charge in [0.15, 0.2) is 0 Å². The van der Waals surface area contributed by atoms with Gasteiger partial charge < -0.3 is 5.32 Å². The molecule has 1 aromatic carbocycles. The standard InChI is InChI=1S/C15H20N2O2/c1-5-12-15(19)17(11(4)14(18)16-12)13-7-6-9(2)8-10(13)3/h6-8,11-12H,5H2,1-4H3,(H,16,18). The third-order valence-electron chi connectivity index (χ3n) is 3.64. The van der Waals surface area contributed by atoms with Crippen LogP contribution < -0.4 is 10.2 Å². The molecule has 2 rings (SSSR count). The summed E-state index contributed by atoms with van der Waals surface area (Å²) in [4.78, 5) is 26.1. The van der Waals surface area contributed by atoms with Crippen LogP contribution >= 0.6 is 0 Å². The van der Waals surface area contributed by atoms with Crippen molar-refractivity contribution in [3.63, 3.8) is 0 Å². The van der Waals surface area contributed by atoms with Crippen LogP contribution in [0, 0.1) is 13.8 Å². The number of benzene rings is 1. The summed E-state index contributed by atoms with van der Waals surface area (Å²) < 4.78 is 0. The van der Waals surface area contributed by atoms with E-state index in [1.165, 1.54) is 0 Å². The lowest BCUT2D eigenvalue weighted by Crippen LogP contribution is -2.62. The zero-order valence-corrected chi connectivity index (χ0v) is 11.9. The van der Waals surface area contributed by atoms with Gasteiger partial charge in [0, 0.05) is 5.69 Å². The Labute approximate surface area is 113 Å². The van der Waals surface area contributed by atoms with Gasteiger partial charge in [-0.25, -0.2) is 0 Å². The molecule has 1 aliphatic rings. The van der Waals surface area contributed by atoms with E-state index in [1.54, 1.807) is 11.8 Å². The molecule has 1 fully saturated rings. The Hall–Kier alpha value is -1.84. The van der Waals surface area contributed by atoms with E-state index in [2.05, 4.69) is 5.32 Å². The van der Waals surface area contributed by atoms with Crippen LogP contribution in [-0.4, -0.2) is 23.9 Å². The molecule has 1 saturated heterocycles. The van der Waals surface area contributed by atoms with Gasteiger partial charge >= 0.3 is 0 Å². The first-order valence-corrected chi connectivity index (χ1v) is 6.66. The lowest BCUT2D eigenvalue weighted by atomic mass is 10.0. The molecule has 0 radical (unpaired) electrons. The minimum Gasteiger partial charge on any atom is -0.343 e. The van der Waals surface area contributed by atoms with E-state index in [0.717, 1.165) is 16.8 Å². The van der Waals surface area contributed by atoms with Gasteiger partial charge in [0.2, 0.25) is 11.8 Å². The number of carbonyl (C=O) groups excluding carboxylic acids is 2. The summed E-state index contributed by atoms with van der Waals surface area (Å²) >= 11 is 0. The van der Waals surface area contributed by atoms with Gasteiger partial charge in [-0.3, -0.25) is 14.5 Å². The highest BCUT2D eigenvalue weighted by Crippen LogP contribution is 2.26. The Balaban J connectivity index is 2.45. The Morgan fingerprint density at radius 2 is 1.95 bits per heavy atom. The number of amides is 2. The maximum absolute atomic E-state index is 12.5. The van der Waals surface area contributed by atoms with Crippen LogP contribution in [-0.2, 0) is 9.59 Å². The Morgan fingerprint density at radius 1 is 1.26 bits per heavy atom. The molecule has 102 valence electrons. The van der Waals surface area contributed by atoms with E-state index in [0.29, 0.717) is 6.42 Å². The van der Waals surface area contributed by atoms with Crippen molar-refractivity contribution in [2.24, 2.45) is 0 Å². The maximum Gasteiger partial charge on any atom is 0.250 e. The quantitative estimate of drug-likeness (QED) is 0.883. The van der Waals surface area contributed by atoms with Crippen LogP contribution in [0.4, 0.5) is 5.69 Å². The summed E-state index contributed by atoms with van der Waals surface area (Å²) in [6.07, 6.45) is 0.610. The van der Waals surface area contributed by atoms with Gasteiger partial charge in [-0.15, -0.1) is 0 Å². The van der Waals surface area contributed by atoms with Gasteiger partial charge in [-0.2, -0.15) is 0 Å². The van der Waals surface area contributed by atoms with Crippen LogP contribution in [0.15, 0.2) is 18.2 Å². The Morgan fingerprint density at radius 3 is 2.53 bits per heavy atom. The van der Waals surface area contributed by atoms with Crippen LogP contribution in [0.2, 0.25) is 0 Å². The molecule has 0 aliphatic carbocycles. The molecule has 1 heterocycles. The van der Waals surface area contributed by atoms with Crippen molar-refractivity contribution < 1.29 is 9.59 Å². The van der Waals surface area contributed by atoms with Crippen molar-refractivity contribution in [1.29, 1.82) is 0 Å². The molecule has 1 N–H and O–H groups in total. The summed E-state index contributed by atoms with van der Waals surface area (Å²) in [5.41, 5.74) is 3.00. The third-order valence-corrected chi connectivity index (χ3v) is 3.64. The highest BCUT2D eigenvalue weighted by molar-refractivity contribution is 6.08. The predicted octanol–water partition coefficient (Wildman–Crippen LogP) is 1.93. The van der Waals surface area contributed by atoms with E-state index in [4.69, 9.17) is 0 Å². The average molecular weight is 260 g/mol. The summed E-state index contributed by atoms with van der Waals surface area (Å²) in [7, 11) is 0. The van der Waals surface area contributed by atoms with Gasteiger partial charge in [-0.05, 0) is 38.8 Å². The molecule has 0 saturated carbocycles. The number of aryl methyl sites for hydroxylation is 2. The first kappa shape index (κ1) is 13.6. The van der Waals surface area contributed by atoms with E-state index in [-0.39, 0.29) is 11.8 Å². The zero-order valence-electron chi connectivity index (χ0n) is 11.9. The zero-order chi connectivity index (χ0) is 14.2. The summed E-state index contributed by atoms with van der Waals surface area (Å²) in [6, 6.07) is 5.05. The molecule has 1 aliphatic heterocycles. The Kier molecular flexibility index (Phi) is 3.60. The maximum atomic E-state index is 12.5. The van der Waals surface area contributed by atoms with Gasteiger partial charge in [-0.1, -0.05) is 24.6 Å². The number of piperazine rings is 1. The van der Waals surface area contributed by atoms with Crippen molar-refractivity contribution in [3.8, 4) is 0 Å². The number of hydrogen-bond acceptors (Lipinski definition) is 2. The van der Waals surface area contributed by atoms with Crippen molar-refractivity contribution >= 4 is 17.5 Å². The minimum absolute atomic E-state index is 0.0263. The normalized spacial score (nSPS) is 23.5. The monoisotopic (exact) mass is 260 g/mol. The smallest absolute Gasteiger partial charge is 0.250 e. The lowest BCUT2D eigenvalue weighted by Gasteiger charge is -2.37. The summed E-state index contributed by atoms with van der Waals surface area (Å²) in [5.74, 6) is -0.118. The van der Waals surface area contributed by atoms with Gasteiger partial charge in [0.25, 0.3) is 0 Å². The second-order valence-electron chi connectivity index (χ2n) is 5.14. The molecule has 4 nitrogen and oxygen atoms in total.